The molecule has 1 aromatic heterocycles. The zero-order valence-electron chi connectivity index (χ0n) is 17.8. The maximum atomic E-state index is 10.7. The van der Waals surface area contributed by atoms with Crippen molar-refractivity contribution >= 4 is 27.4 Å². The first-order valence-electron chi connectivity index (χ1n) is 10.6. The first kappa shape index (κ1) is 18.6. The van der Waals surface area contributed by atoms with Crippen molar-refractivity contribution in [2.24, 2.45) is 0 Å². The Kier molecular flexibility index (Phi) is 4.05. The summed E-state index contributed by atoms with van der Waals surface area (Å²) >= 11 is 0. The third kappa shape index (κ3) is 2.78. The Bertz CT molecular complexity index is 1530. The zero-order chi connectivity index (χ0) is 21.8. The predicted octanol–water partition coefficient (Wildman–Crippen LogP) is 5.92. The summed E-state index contributed by atoms with van der Waals surface area (Å²) in [5.74, 6) is 2.74. The number of rotatable bonds is 2. The van der Waals surface area contributed by atoms with Crippen LogP contribution in [0.1, 0.15) is 11.1 Å². The summed E-state index contributed by atoms with van der Waals surface area (Å²) in [7, 11) is 3.93. The van der Waals surface area contributed by atoms with Gasteiger partial charge in [-0.2, -0.15) is 4.98 Å². The van der Waals surface area contributed by atoms with Crippen molar-refractivity contribution < 1.29 is 9.84 Å². The molecule has 156 valence electrons. The van der Waals surface area contributed by atoms with E-state index in [0.29, 0.717) is 23.7 Å². The van der Waals surface area contributed by atoms with Gasteiger partial charge in [0.05, 0.1) is 11.1 Å². The van der Waals surface area contributed by atoms with Gasteiger partial charge in [0.15, 0.2) is 5.82 Å². The lowest BCUT2D eigenvalue weighted by atomic mass is 9.96. The fraction of sp³-hybridized carbons (Fsp3) is 0.111. The van der Waals surface area contributed by atoms with Gasteiger partial charge in [0.2, 0.25) is 5.88 Å². The van der Waals surface area contributed by atoms with Gasteiger partial charge >= 0.3 is 0 Å². The minimum atomic E-state index is 0.149. The number of ether oxygens (including phenoxy) is 1. The van der Waals surface area contributed by atoms with E-state index in [0.717, 1.165) is 33.5 Å². The summed E-state index contributed by atoms with van der Waals surface area (Å²) in [5, 5.41) is 15.0. The lowest BCUT2D eigenvalue weighted by Gasteiger charge is -2.25. The van der Waals surface area contributed by atoms with E-state index in [2.05, 4.69) is 18.2 Å². The summed E-state index contributed by atoms with van der Waals surface area (Å²) < 4.78 is 6.33. The van der Waals surface area contributed by atoms with Crippen LogP contribution in [0.2, 0.25) is 0 Å². The molecule has 5 aromatic rings. The summed E-state index contributed by atoms with van der Waals surface area (Å²) in [5.41, 5.74) is 2.70. The van der Waals surface area contributed by atoms with Crippen molar-refractivity contribution in [3.8, 4) is 28.8 Å². The molecule has 0 saturated carbocycles. The lowest BCUT2D eigenvalue weighted by molar-refractivity contribution is 0.440. The number of fused-ring (bicyclic) bond motifs is 5. The number of anilines is 1. The second-order valence-corrected chi connectivity index (χ2v) is 8.27. The van der Waals surface area contributed by atoms with Crippen molar-refractivity contribution in [1.29, 1.82) is 0 Å². The van der Waals surface area contributed by atoms with E-state index in [-0.39, 0.29) is 5.75 Å². The highest BCUT2D eigenvalue weighted by Gasteiger charge is 2.27. The number of hydrogen-bond donors (Lipinski definition) is 1. The summed E-state index contributed by atoms with van der Waals surface area (Å²) in [6.45, 7) is 0. The molecule has 1 aliphatic rings. The summed E-state index contributed by atoms with van der Waals surface area (Å²) in [4.78, 5) is 11.7. The van der Waals surface area contributed by atoms with Crippen molar-refractivity contribution in [2.45, 2.75) is 6.42 Å². The molecule has 0 spiro atoms. The van der Waals surface area contributed by atoms with Gasteiger partial charge in [-0.3, -0.25) is 0 Å². The monoisotopic (exact) mass is 419 g/mol. The van der Waals surface area contributed by atoms with Gasteiger partial charge in [-0.25, -0.2) is 4.98 Å². The lowest BCUT2D eigenvalue weighted by Crippen LogP contribution is -2.18. The van der Waals surface area contributed by atoms with Crippen LogP contribution >= 0.6 is 0 Å². The molecular formula is C27H21N3O2. The van der Waals surface area contributed by atoms with Gasteiger partial charge in [-0.05, 0) is 33.7 Å². The van der Waals surface area contributed by atoms with E-state index in [4.69, 9.17) is 14.7 Å². The number of benzene rings is 4. The van der Waals surface area contributed by atoms with Crippen LogP contribution in [0.3, 0.4) is 0 Å². The quantitative estimate of drug-likeness (QED) is 0.378. The molecule has 6 rings (SSSR count). The van der Waals surface area contributed by atoms with E-state index in [1.807, 2.05) is 67.5 Å². The molecule has 0 fully saturated rings. The van der Waals surface area contributed by atoms with Crippen LogP contribution in [0.5, 0.6) is 17.4 Å². The molecule has 2 heterocycles. The maximum absolute atomic E-state index is 10.7. The number of phenols is 1. The van der Waals surface area contributed by atoms with Crippen LogP contribution in [0, 0.1) is 0 Å². The van der Waals surface area contributed by atoms with Crippen molar-refractivity contribution in [2.75, 3.05) is 19.0 Å². The summed E-state index contributed by atoms with van der Waals surface area (Å²) in [6, 6.07) is 23.9. The van der Waals surface area contributed by atoms with Gasteiger partial charge in [0.25, 0.3) is 0 Å². The van der Waals surface area contributed by atoms with Gasteiger partial charge in [0.1, 0.15) is 17.3 Å². The first-order chi connectivity index (χ1) is 15.6. The van der Waals surface area contributed by atoms with Crippen LogP contribution in [-0.4, -0.2) is 29.2 Å². The molecule has 0 amide bonds. The van der Waals surface area contributed by atoms with Gasteiger partial charge in [-0.1, -0.05) is 60.7 Å². The maximum Gasteiger partial charge on any atom is 0.228 e. The molecular weight excluding hydrogens is 398 g/mol. The first-order valence-corrected chi connectivity index (χ1v) is 10.6. The summed E-state index contributed by atoms with van der Waals surface area (Å²) in [6.07, 6.45) is 0.682. The highest BCUT2D eigenvalue weighted by atomic mass is 16.5. The molecule has 4 aromatic carbocycles. The van der Waals surface area contributed by atoms with E-state index >= 15 is 0 Å². The van der Waals surface area contributed by atoms with Crippen LogP contribution < -0.4 is 9.64 Å². The molecule has 32 heavy (non-hydrogen) atoms. The molecule has 0 bridgehead atoms. The Morgan fingerprint density at radius 3 is 2.25 bits per heavy atom. The SMILES string of the molecule is CN(C)c1nc(-c2c(O)ccc3ccccc23)nc2c1Cc1c(ccc3ccccc13)O2. The molecule has 1 N–H and O–H groups in total. The van der Waals surface area contributed by atoms with Crippen molar-refractivity contribution in [3.05, 3.63) is 83.9 Å². The second-order valence-electron chi connectivity index (χ2n) is 8.27. The fourth-order valence-electron chi connectivity index (χ4n) is 4.54. The largest absolute Gasteiger partial charge is 0.507 e. The highest BCUT2D eigenvalue weighted by Crippen LogP contribution is 2.44. The third-order valence-corrected chi connectivity index (χ3v) is 6.06. The van der Waals surface area contributed by atoms with E-state index < -0.39 is 0 Å². The van der Waals surface area contributed by atoms with E-state index in [1.54, 1.807) is 6.07 Å². The van der Waals surface area contributed by atoms with Crippen LogP contribution in [0.4, 0.5) is 5.82 Å². The fourth-order valence-corrected chi connectivity index (χ4v) is 4.54. The average molecular weight is 419 g/mol. The van der Waals surface area contributed by atoms with Crippen molar-refractivity contribution in [1.82, 2.24) is 9.97 Å². The molecule has 0 atom stereocenters. The number of aromatic nitrogens is 2. The molecule has 0 saturated heterocycles. The average Bonchev–Trinajstić information content (AvgIpc) is 2.82. The minimum Gasteiger partial charge on any atom is -0.507 e. The number of aromatic hydroxyl groups is 1. The number of nitrogens with zero attached hydrogens (tertiary/aromatic N) is 3. The van der Waals surface area contributed by atoms with Gasteiger partial charge < -0.3 is 14.7 Å². The molecule has 5 heteroatoms. The van der Waals surface area contributed by atoms with E-state index in [1.165, 1.54) is 10.8 Å². The topological polar surface area (TPSA) is 58.5 Å². The number of phenolic OH excluding ortho intramolecular Hbond substituents is 1. The van der Waals surface area contributed by atoms with Gasteiger partial charge in [0, 0.05) is 26.1 Å². The Hall–Kier alpha value is -4.12. The van der Waals surface area contributed by atoms with Crippen molar-refractivity contribution in [3.63, 3.8) is 0 Å². The molecule has 0 aliphatic carbocycles. The Labute approximate surface area is 185 Å². The number of hydrogen-bond acceptors (Lipinski definition) is 5. The Balaban J connectivity index is 1.58. The standard InChI is InChI=1S/C27H21N3O2/c1-30(2)26-21-15-20-18-9-5-3-7-16(18)12-14-23(20)32-27(21)29-25(28-26)24-19-10-6-4-8-17(19)11-13-22(24)31/h3-14,31H,15H2,1-2H3. The molecule has 0 radical (unpaired) electrons. The highest BCUT2D eigenvalue weighted by molar-refractivity contribution is 5.98. The second kappa shape index (κ2) is 6.95. The zero-order valence-corrected chi connectivity index (χ0v) is 17.8. The normalized spacial score (nSPS) is 12.3. The Morgan fingerprint density at radius 2 is 1.47 bits per heavy atom. The Morgan fingerprint density at radius 1 is 0.781 bits per heavy atom. The third-order valence-electron chi connectivity index (χ3n) is 6.06. The molecule has 5 nitrogen and oxygen atoms in total. The predicted molar refractivity (Wildman–Crippen MR) is 128 cm³/mol. The van der Waals surface area contributed by atoms with Gasteiger partial charge in [-0.15, -0.1) is 0 Å². The molecule has 0 unspecified atom stereocenters. The van der Waals surface area contributed by atoms with Crippen LogP contribution in [0.25, 0.3) is 32.9 Å². The molecule has 1 aliphatic heterocycles. The van der Waals surface area contributed by atoms with Crippen LogP contribution in [-0.2, 0) is 6.42 Å². The smallest absolute Gasteiger partial charge is 0.228 e. The minimum absolute atomic E-state index is 0.149. The van der Waals surface area contributed by atoms with E-state index in [9.17, 15) is 5.11 Å². The van der Waals surface area contributed by atoms with Crippen LogP contribution in [0.15, 0.2) is 72.8 Å².